The second-order valence-corrected chi connectivity index (χ2v) is 11.1. The molecule has 3 aromatic carbocycles. The molecule has 46 heavy (non-hydrogen) atoms. The number of hydrogen-bond donors (Lipinski definition) is 0. The van der Waals surface area contributed by atoms with E-state index in [1.807, 2.05) is 36.4 Å². The number of unbranched alkanes of at least 4 members (excludes halogenated alkanes) is 5. The molecule has 1 atom stereocenters. The molecular formula is C38H42O8. The molecule has 1 heterocycles. The number of ether oxygens (including phenoxy) is 5. The molecule has 0 aliphatic carbocycles. The van der Waals surface area contributed by atoms with Gasteiger partial charge < -0.3 is 23.7 Å². The van der Waals surface area contributed by atoms with Gasteiger partial charge in [0.15, 0.2) is 0 Å². The van der Waals surface area contributed by atoms with Crippen LogP contribution in [-0.2, 0) is 19.1 Å². The van der Waals surface area contributed by atoms with E-state index in [4.69, 9.17) is 23.7 Å². The number of carbonyl (C=O) groups excluding carboxylic acids is 3. The molecule has 1 saturated heterocycles. The van der Waals surface area contributed by atoms with Gasteiger partial charge in [-0.25, -0.2) is 14.4 Å². The van der Waals surface area contributed by atoms with Crippen LogP contribution in [0.5, 0.6) is 17.2 Å². The van der Waals surface area contributed by atoms with Gasteiger partial charge in [0.25, 0.3) is 0 Å². The Kier molecular flexibility index (Phi) is 13.5. The number of hydrogen-bond acceptors (Lipinski definition) is 8. The molecule has 0 spiro atoms. The molecule has 242 valence electrons. The molecule has 0 bridgehead atoms. The maximum atomic E-state index is 12.7. The zero-order valence-electron chi connectivity index (χ0n) is 26.2. The molecule has 1 unspecified atom stereocenters. The van der Waals surface area contributed by atoms with Crippen LogP contribution in [-0.4, -0.2) is 43.8 Å². The van der Waals surface area contributed by atoms with Crippen LogP contribution in [0.1, 0.15) is 68.1 Å². The quantitative estimate of drug-likeness (QED) is 0.0571. The standard InChI is InChI=1S/C38H42O8/c1-3-36(39)44-26-9-6-4-5-8-24-42-32-18-12-29(13-19-32)30-14-22-34(23-15-30)45-38(41)31-16-20-33(21-17-31)43-25-10-7-11-35-27-28(2)37(40)46-35/h3,12-23,35H,1-2,4-11,24-27H2. The average molecular weight is 627 g/mol. The minimum Gasteiger partial charge on any atom is -0.494 e. The Morgan fingerprint density at radius 1 is 0.717 bits per heavy atom. The van der Waals surface area contributed by atoms with Crippen LogP contribution in [0.25, 0.3) is 11.1 Å². The summed E-state index contributed by atoms with van der Waals surface area (Å²) < 4.78 is 27.4. The molecule has 8 heteroatoms. The van der Waals surface area contributed by atoms with Crippen molar-refractivity contribution in [2.24, 2.45) is 0 Å². The Bertz CT molecular complexity index is 1430. The van der Waals surface area contributed by atoms with E-state index in [-0.39, 0.29) is 18.0 Å². The van der Waals surface area contributed by atoms with E-state index in [2.05, 4.69) is 13.2 Å². The van der Waals surface area contributed by atoms with Gasteiger partial charge in [0.05, 0.1) is 25.4 Å². The number of cyclic esters (lactones) is 1. The molecule has 4 rings (SSSR count). The summed E-state index contributed by atoms with van der Waals surface area (Å²) in [6, 6.07) is 22.2. The maximum absolute atomic E-state index is 12.7. The van der Waals surface area contributed by atoms with Gasteiger partial charge in [-0.1, -0.05) is 56.7 Å². The third-order valence-electron chi connectivity index (χ3n) is 7.54. The lowest BCUT2D eigenvalue weighted by molar-refractivity contribution is -0.139. The van der Waals surface area contributed by atoms with Crippen molar-refractivity contribution in [2.45, 2.75) is 63.9 Å². The van der Waals surface area contributed by atoms with Crippen molar-refractivity contribution in [3.63, 3.8) is 0 Å². The first-order chi connectivity index (χ1) is 22.4. The van der Waals surface area contributed by atoms with Gasteiger partial charge in [0.1, 0.15) is 23.4 Å². The zero-order chi connectivity index (χ0) is 32.6. The summed E-state index contributed by atoms with van der Waals surface area (Å²) in [6.07, 6.45) is 9.21. The Hall–Kier alpha value is -4.85. The van der Waals surface area contributed by atoms with Crippen LogP contribution in [0.4, 0.5) is 0 Å². The smallest absolute Gasteiger partial charge is 0.343 e. The normalized spacial score (nSPS) is 14.0. The minimum atomic E-state index is -0.442. The van der Waals surface area contributed by atoms with Gasteiger partial charge in [0, 0.05) is 18.1 Å². The number of esters is 3. The average Bonchev–Trinajstić information content (AvgIpc) is 3.40. The summed E-state index contributed by atoms with van der Waals surface area (Å²) >= 11 is 0. The zero-order valence-corrected chi connectivity index (χ0v) is 26.2. The monoisotopic (exact) mass is 626 g/mol. The van der Waals surface area contributed by atoms with E-state index in [0.29, 0.717) is 48.9 Å². The van der Waals surface area contributed by atoms with Crippen molar-refractivity contribution in [1.29, 1.82) is 0 Å². The van der Waals surface area contributed by atoms with Gasteiger partial charge >= 0.3 is 17.9 Å². The van der Waals surface area contributed by atoms with E-state index in [1.165, 1.54) is 6.08 Å². The first-order valence-electron chi connectivity index (χ1n) is 15.9. The van der Waals surface area contributed by atoms with Gasteiger partial charge in [-0.15, -0.1) is 0 Å². The molecule has 0 saturated carbocycles. The number of carbonyl (C=O) groups is 3. The third-order valence-corrected chi connectivity index (χ3v) is 7.54. The van der Waals surface area contributed by atoms with Crippen molar-refractivity contribution < 1.29 is 38.1 Å². The van der Waals surface area contributed by atoms with Gasteiger partial charge in [-0.2, -0.15) is 0 Å². The Morgan fingerprint density at radius 2 is 1.24 bits per heavy atom. The van der Waals surface area contributed by atoms with Crippen molar-refractivity contribution in [2.75, 3.05) is 19.8 Å². The fourth-order valence-electron chi connectivity index (χ4n) is 4.93. The highest BCUT2D eigenvalue weighted by Gasteiger charge is 2.26. The van der Waals surface area contributed by atoms with E-state index in [0.717, 1.165) is 68.2 Å². The predicted octanol–water partition coefficient (Wildman–Crippen LogP) is 8.05. The summed E-state index contributed by atoms with van der Waals surface area (Å²) in [7, 11) is 0. The summed E-state index contributed by atoms with van der Waals surface area (Å²) in [4.78, 5) is 35.1. The lowest BCUT2D eigenvalue weighted by Gasteiger charge is -2.10. The van der Waals surface area contributed by atoms with E-state index < -0.39 is 5.97 Å². The molecular weight excluding hydrogens is 584 g/mol. The first kappa shape index (κ1) is 34.0. The highest BCUT2D eigenvalue weighted by molar-refractivity contribution is 5.91. The topological polar surface area (TPSA) is 97.4 Å². The van der Waals surface area contributed by atoms with Crippen LogP contribution < -0.4 is 14.2 Å². The molecule has 0 radical (unpaired) electrons. The number of benzene rings is 3. The highest BCUT2D eigenvalue weighted by Crippen LogP contribution is 2.26. The van der Waals surface area contributed by atoms with Crippen molar-refractivity contribution in [3.8, 4) is 28.4 Å². The molecule has 3 aromatic rings. The molecule has 0 amide bonds. The van der Waals surface area contributed by atoms with Crippen LogP contribution in [0.2, 0.25) is 0 Å². The number of rotatable bonds is 19. The Balaban J connectivity index is 1.11. The van der Waals surface area contributed by atoms with Crippen LogP contribution >= 0.6 is 0 Å². The van der Waals surface area contributed by atoms with Gasteiger partial charge in [-0.3, -0.25) is 0 Å². The summed E-state index contributed by atoms with van der Waals surface area (Å²) in [6.45, 7) is 8.71. The maximum Gasteiger partial charge on any atom is 0.343 e. The summed E-state index contributed by atoms with van der Waals surface area (Å²) in [5.41, 5.74) is 3.01. The molecule has 0 aromatic heterocycles. The highest BCUT2D eigenvalue weighted by atomic mass is 16.6. The van der Waals surface area contributed by atoms with E-state index >= 15 is 0 Å². The lowest BCUT2D eigenvalue weighted by Crippen LogP contribution is -2.08. The third kappa shape index (κ3) is 11.3. The summed E-state index contributed by atoms with van der Waals surface area (Å²) in [5, 5.41) is 0. The van der Waals surface area contributed by atoms with Crippen LogP contribution in [0, 0.1) is 0 Å². The van der Waals surface area contributed by atoms with Crippen molar-refractivity contribution in [3.05, 3.63) is 103 Å². The molecule has 0 N–H and O–H groups in total. The Labute approximate surface area is 271 Å². The lowest BCUT2D eigenvalue weighted by atomic mass is 10.1. The molecule has 1 aliphatic rings. The SMILES string of the molecule is C=CC(=O)OCCCCCCCOc1ccc(-c2ccc(OC(=O)c3ccc(OCCCCC4CC(=C)C(=O)O4)cc3)cc2)cc1. The minimum absolute atomic E-state index is 0.0682. The molecule has 1 aliphatic heterocycles. The van der Waals surface area contributed by atoms with Crippen molar-refractivity contribution >= 4 is 17.9 Å². The Morgan fingerprint density at radius 3 is 1.80 bits per heavy atom. The summed E-state index contributed by atoms with van der Waals surface area (Å²) in [5.74, 6) is 0.860. The first-order valence-corrected chi connectivity index (χ1v) is 15.9. The van der Waals surface area contributed by atoms with Gasteiger partial charge in [0.2, 0.25) is 0 Å². The second kappa shape index (κ2) is 18.2. The van der Waals surface area contributed by atoms with Crippen LogP contribution in [0.3, 0.4) is 0 Å². The van der Waals surface area contributed by atoms with E-state index in [9.17, 15) is 14.4 Å². The van der Waals surface area contributed by atoms with Crippen molar-refractivity contribution in [1.82, 2.24) is 0 Å². The molecule has 8 nitrogen and oxygen atoms in total. The second-order valence-electron chi connectivity index (χ2n) is 11.1. The predicted molar refractivity (Wildman–Crippen MR) is 176 cm³/mol. The van der Waals surface area contributed by atoms with Crippen LogP contribution in [0.15, 0.2) is 97.6 Å². The van der Waals surface area contributed by atoms with Gasteiger partial charge in [-0.05, 0) is 91.8 Å². The fraction of sp³-hybridized carbons (Fsp3) is 0.342. The van der Waals surface area contributed by atoms with E-state index in [1.54, 1.807) is 36.4 Å². The fourth-order valence-corrected chi connectivity index (χ4v) is 4.93. The molecule has 1 fully saturated rings. The largest absolute Gasteiger partial charge is 0.494 e.